The molecule has 0 saturated heterocycles. The first kappa shape index (κ1) is 22.8. The lowest BCUT2D eigenvalue weighted by atomic mass is 9.83. The highest BCUT2D eigenvalue weighted by molar-refractivity contribution is 5.65. The lowest BCUT2D eigenvalue weighted by Crippen LogP contribution is -2.04. The second-order valence-electron chi connectivity index (χ2n) is 8.47. The number of hydrogen-bond acceptors (Lipinski definition) is 1. The van der Waals surface area contributed by atoms with Gasteiger partial charge in [0.05, 0.1) is 6.61 Å². The lowest BCUT2D eigenvalue weighted by Gasteiger charge is -2.22. The first-order valence-corrected chi connectivity index (χ1v) is 11.7. The fourth-order valence-corrected chi connectivity index (χ4v) is 4.30. The maximum Gasteiger partial charge on any atom is 0.201 e. The normalized spacial score (nSPS) is 14.8. The molecule has 30 heavy (non-hydrogen) atoms. The molecule has 0 aromatic heterocycles. The standard InChI is InChI=1S/C27H35F2O/c1-2-3-4-5-6-7-11-20-30-25-19-18-24(26(28)27(25)29)23-16-14-22(15-17-23)21-12-9-8-10-13-21/h8,14-19,21H,2-7,9-13,20H2,1H3. The molecule has 1 fully saturated rings. The number of hydrogen-bond donors (Lipinski definition) is 0. The summed E-state index contributed by atoms with van der Waals surface area (Å²) < 4.78 is 34.7. The number of ether oxygens (including phenoxy) is 1. The SMILES string of the molecule is CCCCCCCCCOc1ccc(-c2ccc(C3CC[CH]CC3)cc2)c(F)c1F. The Morgan fingerprint density at radius 1 is 0.800 bits per heavy atom. The van der Waals surface area contributed by atoms with Gasteiger partial charge in [-0.15, -0.1) is 0 Å². The van der Waals surface area contributed by atoms with Gasteiger partial charge < -0.3 is 4.74 Å². The molecule has 3 heteroatoms. The van der Waals surface area contributed by atoms with Gasteiger partial charge in [0.15, 0.2) is 11.6 Å². The highest BCUT2D eigenvalue weighted by atomic mass is 19.2. The molecule has 1 nitrogen and oxygen atoms in total. The van der Waals surface area contributed by atoms with Gasteiger partial charge in [0.2, 0.25) is 5.82 Å². The predicted octanol–water partition coefficient (Wildman–Crippen LogP) is 8.62. The highest BCUT2D eigenvalue weighted by Gasteiger charge is 2.18. The molecule has 0 heterocycles. The van der Waals surface area contributed by atoms with Crippen LogP contribution < -0.4 is 4.74 Å². The molecule has 2 aromatic rings. The summed E-state index contributed by atoms with van der Waals surface area (Å²) in [6.07, 6.45) is 15.2. The third kappa shape index (κ3) is 6.30. The van der Waals surface area contributed by atoms with Crippen LogP contribution in [0.15, 0.2) is 36.4 Å². The van der Waals surface area contributed by atoms with E-state index in [1.54, 1.807) is 12.1 Å². The van der Waals surface area contributed by atoms with Crippen LogP contribution in [-0.4, -0.2) is 6.61 Å². The van der Waals surface area contributed by atoms with E-state index in [2.05, 4.69) is 25.5 Å². The van der Waals surface area contributed by atoms with Crippen LogP contribution in [0.1, 0.15) is 89.0 Å². The van der Waals surface area contributed by atoms with E-state index in [1.807, 2.05) is 12.1 Å². The van der Waals surface area contributed by atoms with Gasteiger partial charge in [-0.2, -0.15) is 4.39 Å². The molecular formula is C27H35F2O. The van der Waals surface area contributed by atoms with E-state index in [9.17, 15) is 8.78 Å². The average Bonchev–Trinajstić information content (AvgIpc) is 2.79. The van der Waals surface area contributed by atoms with Crippen molar-refractivity contribution in [1.29, 1.82) is 0 Å². The minimum Gasteiger partial charge on any atom is -0.490 e. The van der Waals surface area contributed by atoms with Crippen LogP contribution in [0.25, 0.3) is 11.1 Å². The molecule has 1 aliphatic rings. The van der Waals surface area contributed by atoms with E-state index < -0.39 is 11.6 Å². The van der Waals surface area contributed by atoms with Gasteiger partial charge >= 0.3 is 0 Å². The van der Waals surface area contributed by atoms with Gasteiger partial charge in [0.1, 0.15) is 0 Å². The molecule has 0 unspecified atom stereocenters. The summed E-state index contributed by atoms with van der Waals surface area (Å²) in [5.41, 5.74) is 2.29. The third-order valence-corrected chi connectivity index (χ3v) is 6.18. The van der Waals surface area contributed by atoms with Gasteiger partial charge in [0.25, 0.3) is 0 Å². The molecule has 3 rings (SSSR count). The molecular weight excluding hydrogens is 378 g/mol. The summed E-state index contributed by atoms with van der Waals surface area (Å²) in [6.45, 7) is 2.63. The zero-order valence-corrected chi connectivity index (χ0v) is 18.3. The van der Waals surface area contributed by atoms with Crippen molar-refractivity contribution in [3.8, 4) is 16.9 Å². The van der Waals surface area contributed by atoms with Crippen molar-refractivity contribution in [2.75, 3.05) is 6.61 Å². The smallest absolute Gasteiger partial charge is 0.201 e. The number of rotatable bonds is 11. The molecule has 0 spiro atoms. The van der Waals surface area contributed by atoms with E-state index in [1.165, 1.54) is 50.5 Å². The number of unbranched alkanes of at least 4 members (excludes halogenated alkanes) is 6. The highest BCUT2D eigenvalue weighted by Crippen LogP contribution is 2.34. The summed E-state index contributed by atoms with van der Waals surface area (Å²) in [4.78, 5) is 0. The van der Waals surface area contributed by atoms with Crippen molar-refractivity contribution in [2.45, 2.75) is 83.5 Å². The van der Waals surface area contributed by atoms with Crippen LogP contribution in [0, 0.1) is 18.1 Å². The fourth-order valence-electron chi connectivity index (χ4n) is 4.30. The summed E-state index contributed by atoms with van der Waals surface area (Å²) in [7, 11) is 0. The Labute approximate surface area is 180 Å². The molecule has 0 bridgehead atoms. The van der Waals surface area contributed by atoms with Crippen molar-refractivity contribution in [3.05, 3.63) is 60.0 Å². The first-order chi connectivity index (χ1) is 14.7. The maximum absolute atomic E-state index is 14.7. The fraction of sp³-hybridized carbons (Fsp3) is 0.519. The van der Waals surface area contributed by atoms with Gasteiger partial charge in [-0.1, -0.05) is 69.7 Å². The Morgan fingerprint density at radius 3 is 2.17 bits per heavy atom. The van der Waals surface area contributed by atoms with Gasteiger partial charge in [-0.05, 0) is 67.7 Å². The quantitative estimate of drug-likeness (QED) is 0.335. The van der Waals surface area contributed by atoms with E-state index in [0.717, 1.165) is 25.7 Å². The Balaban J connectivity index is 1.54. The van der Waals surface area contributed by atoms with E-state index in [-0.39, 0.29) is 5.75 Å². The van der Waals surface area contributed by atoms with Crippen molar-refractivity contribution in [1.82, 2.24) is 0 Å². The van der Waals surface area contributed by atoms with E-state index in [4.69, 9.17) is 4.74 Å². The Morgan fingerprint density at radius 2 is 1.47 bits per heavy atom. The zero-order chi connectivity index (χ0) is 21.2. The van der Waals surface area contributed by atoms with E-state index in [0.29, 0.717) is 23.7 Å². The van der Waals surface area contributed by atoms with Crippen molar-refractivity contribution < 1.29 is 13.5 Å². The van der Waals surface area contributed by atoms with Crippen LogP contribution in [0.2, 0.25) is 0 Å². The topological polar surface area (TPSA) is 9.23 Å². The molecule has 1 aliphatic carbocycles. The van der Waals surface area contributed by atoms with Crippen LogP contribution in [0.4, 0.5) is 8.78 Å². The number of benzene rings is 2. The first-order valence-electron chi connectivity index (χ1n) is 11.7. The van der Waals surface area contributed by atoms with Crippen molar-refractivity contribution in [2.24, 2.45) is 0 Å². The van der Waals surface area contributed by atoms with Crippen LogP contribution >= 0.6 is 0 Å². The molecule has 1 saturated carbocycles. The van der Waals surface area contributed by atoms with Gasteiger partial charge in [-0.3, -0.25) is 0 Å². The monoisotopic (exact) mass is 413 g/mol. The van der Waals surface area contributed by atoms with Crippen LogP contribution in [0.3, 0.4) is 0 Å². The average molecular weight is 414 g/mol. The summed E-state index contributed by atoms with van der Waals surface area (Å²) in [6, 6.07) is 11.1. The zero-order valence-electron chi connectivity index (χ0n) is 18.3. The third-order valence-electron chi connectivity index (χ3n) is 6.18. The minimum atomic E-state index is -0.887. The molecule has 2 aromatic carbocycles. The molecule has 163 valence electrons. The molecule has 1 radical (unpaired) electrons. The van der Waals surface area contributed by atoms with Crippen LogP contribution in [-0.2, 0) is 0 Å². The number of halogens is 2. The molecule has 0 amide bonds. The lowest BCUT2D eigenvalue weighted by molar-refractivity contribution is 0.285. The molecule has 0 atom stereocenters. The second kappa shape index (κ2) is 12.1. The molecule has 0 aliphatic heterocycles. The largest absolute Gasteiger partial charge is 0.490 e. The Bertz CT molecular complexity index is 763. The van der Waals surface area contributed by atoms with Crippen molar-refractivity contribution >= 4 is 0 Å². The summed E-state index contributed by atoms with van der Waals surface area (Å²) >= 11 is 0. The predicted molar refractivity (Wildman–Crippen MR) is 121 cm³/mol. The van der Waals surface area contributed by atoms with Gasteiger partial charge in [0, 0.05) is 5.56 Å². The minimum absolute atomic E-state index is 0.0114. The van der Waals surface area contributed by atoms with Crippen molar-refractivity contribution in [3.63, 3.8) is 0 Å². The Hall–Kier alpha value is -1.90. The van der Waals surface area contributed by atoms with Crippen LogP contribution in [0.5, 0.6) is 5.75 Å². The Kier molecular flexibility index (Phi) is 9.17. The maximum atomic E-state index is 14.7. The summed E-state index contributed by atoms with van der Waals surface area (Å²) in [5, 5.41) is 0. The second-order valence-corrected chi connectivity index (χ2v) is 8.47. The summed E-state index contributed by atoms with van der Waals surface area (Å²) in [5.74, 6) is -1.13. The van der Waals surface area contributed by atoms with E-state index >= 15 is 0 Å². The molecule has 0 N–H and O–H groups in total. The van der Waals surface area contributed by atoms with Gasteiger partial charge in [-0.25, -0.2) is 4.39 Å².